The number of aryl methyl sites for hydroxylation is 1. The van der Waals surface area contributed by atoms with Crippen molar-refractivity contribution in [3.8, 4) is 0 Å². The average molecular weight is 252 g/mol. The van der Waals surface area contributed by atoms with E-state index < -0.39 is 10.8 Å². The number of nitrogen functional groups attached to an aromatic ring is 1. The number of nitrogens with zero attached hydrogens (tertiary/aromatic N) is 1. The van der Waals surface area contributed by atoms with E-state index in [4.69, 9.17) is 5.73 Å². The number of hydrogen-bond acceptors (Lipinski definition) is 3. The minimum Gasteiger partial charge on any atom is -0.398 e. The molecule has 17 heavy (non-hydrogen) atoms. The van der Waals surface area contributed by atoms with Crippen LogP contribution in [0.15, 0.2) is 18.2 Å². The molecule has 0 unspecified atom stereocenters. The van der Waals surface area contributed by atoms with Crippen LogP contribution in [-0.4, -0.2) is 39.6 Å². The molecule has 1 fully saturated rings. The zero-order chi connectivity index (χ0) is 12.4. The lowest BCUT2D eigenvalue weighted by atomic mass is 10.1. The van der Waals surface area contributed by atoms with Gasteiger partial charge in [-0.25, -0.2) is 0 Å². The van der Waals surface area contributed by atoms with Crippen LogP contribution in [0.3, 0.4) is 0 Å². The second-order valence-corrected chi connectivity index (χ2v) is 5.93. The van der Waals surface area contributed by atoms with Gasteiger partial charge in [0.25, 0.3) is 5.91 Å². The van der Waals surface area contributed by atoms with Gasteiger partial charge >= 0.3 is 0 Å². The minimum atomic E-state index is -0.768. The van der Waals surface area contributed by atoms with Crippen molar-refractivity contribution in [1.29, 1.82) is 0 Å². The molecule has 2 rings (SSSR count). The fourth-order valence-electron chi connectivity index (χ4n) is 1.89. The van der Waals surface area contributed by atoms with Crippen LogP contribution in [0.4, 0.5) is 5.69 Å². The highest BCUT2D eigenvalue weighted by Crippen LogP contribution is 2.17. The van der Waals surface area contributed by atoms with E-state index in [1.807, 2.05) is 13.0 Å². The number of nitrogens with two attached hydrogens (primary N) is 1. The summed E-state index contributed by atoms with van der Waals surface area (Å²) in [6.07, 6.45) is 0. The zero-order valence-corrected chi connectivity index (χ0v) is 10.6. The van der Waals surface area contributed by atoms with Gasteiger partial charge in [0.1, 0.15) is 0 Å². The molecule has 0 bridgehead atoms. The van der Waals surface area contributed by atoms with Gasteiger partial charge in [0.15, 0.2) is 0 Å². The van der Waals surface area contributed by atoms with E-state index in [1.165, 1.54) is 0 Å². The molecule has 0 saturated carbocycles. The summed E-state index contributed by atoms with van der Waals surface area (Å²) in [5, 5.41) is 0. The van der Waals surface area contributed by atoms with E-state index in [9.17, 15) is 9.00 Å². The molecular formula is C12H16N2O2S. The Morgan fingerprint density at radius 3 is 2.59 bits per heavy atom. The van der Waals surface area contributed by atoms with Gasteiger partial charge in [-0.1, -0.05) is 6.07 Å². The molecule has 0 radical (unpaired) electrons. The first-order valence-corrected chi connectivity index (χ1v) is 7.07. The Balaban J connectivity index is 2.16. The molecule has 1 aliphatic heterocycles. The second-order valence-electron chi connectivity index (χ2n) is 4.23. The van der Waals surface area contributed by atoms with Crippen molar-refractivity contribution in [3.05, 3.63) is 29.3 Å². The van der Waals surface area contributed by atoms with Crippen LogP contribution in [0.25, 0.3) is 0 Å². The maximum Gasteiger partial charge on any atom is 0.256 e. The molecule has 4 nitrogen and oxygen atoms in total. The van der Waals surface area contributed by atoms with Crippen molar-refractivity contribution in [2.75, 3.05) is 30.3 Å². The van der Waals surface area contributed by atoms with Gasteiger partial charge in [-0.05, 0) is 24.6 Å². The third kappa shape index (κ3) is 2.66. The first-order valence-electron chi connectivity index (χ1n) is 5.58. The van der Waals surface area contributed by atoms with Crippen molar-refractivity contribution < 1.29 is 9.00 Å². The fourth-order valence-corrected chi connectivity index (χ4v) is 2.94. The van der Waals surface area contributed by atoms with Crippen molar-refractivity contribution in [1.82, 2.24) is 4.90 Å². The number of amides is 1. The molecule has 0 aromatic heterocycles. The maximum atomic E-state index is 12.2. The topological polar surface area (TPSA) is 63.4 Å². The quantitative estimate of drug-likeness (QED) is 0.751. The monoisotopic (exact) mass is 252 g/mol. The lowest BCUT2D eigenvalue weighted by Gasteiger charge is -2.26. The number of carbonyl (C=O) groups is 1. The number of hydrogen-bond donors (Lipinski definition) is 1. The Kier molecular flexibility index (Phi) is 3.47. The van der Waals surface area contributed by atoms with E-state index in [-0.39, 0.29) is 5.91 Å². The Morgan fingerprint density at radius 1 is 1.35 bits per heavy atom. The molecule has 0 atom stereocenters. The zero-order valence-electron chi connectivity index (χ0n) is 9.81. The highest BCUT2D eigenvalue weighted by atomic mass is 32.2. The first-order chi connectivity index (χ1) is 8.08. The SMILES string of the molecule is Cc1ccc(C(=O)N2CCS(=O)CC2)c(N)c1. The van der Waals surface area contributed by atoms with Gasteiger partial charge in [0.05, 0.1) is 5.56 Å². The molecule has 1 amide bonds. The molecule has 1 aromatic carbocycles. The van der Waals surface area contributed by atoms with E-state index in [0.29, 0.717) is 35.8 Å². The molecule has 0 aliphatic carbocycles. The van der Waals surface area contributed by atoms with Gasteiger partial charge in [-0.15, -0.1) is 0 Å². The largest absolute Gasteiger partial charge is 0.398 e. The van der Waals surface area contributed by atoms with Crippen LogP contribution in [0, 0.1) is 6.92 Å². The van der Waals surface area contributed by atoms with Crippen LogP contribution < -0.4 is 5.73 Å². The van der Waals surface area contributed by atoms with E-state index >= 15 is 0 Å². The van der Waals surface area contributed by atoms with Crippen molar-refractivity contribution in [2.45, 2.75) is 6.92 Å². The molecule has 1 saturated heterocycles. The summed E-state index contributed by atoms with van der Waals surface area (Å²) in [6, 6.07) is 5.44. The highest BCUT2D eigenvalue weighted by Gasteiger charge is 2.22. The second kappa shape index (κ2) is 4.87. The van der Waals surface area contributed by atoms with Crippen molar-refractivity contribution in [3.63, 3.8) is 0 Å². The van der Waals surface area contributed by atoms with Gasteiger partial charge in [0, 0.05) is 41.1 Å². The summed E-state index contributed by atoms with van der Waals surface area (Å²) in [7, 11) is -0.768. The molecule has 5 heteroatoms. The Hall–Kier alpha value is -1.36. The summed E-state index contributed by atoms with van der Waals surface area (Å²) in [5.74, 6) is 1.08. The van der Waals surface area contributed by atoms with Crippen molar-refractivity contribution in [2.24, 2.45) is 0 Å². The molecular weight excluding hydrogens is 236 g/mol. The third-order valence-electron chi connectivity index (χ3n) is 2.90. The predicted octanol–water partition coefficient (Wildman–Crippen LogP) is 0.782. The molecule has 1 aliphatic rings. The van der Waals surface area contributed by atoms with E-state index in [2.05, 4.69) is 0 Å². The van der Waals surface area contributed by atoms with Crippen LogP contribution in [0.5, 0.6) is 0 Å². The summed E-state index contributed by atoms with van der Waals surface area (Å²) >= 11 is 0. The minimum absolute atomic E-state index is 0.0563. The average Bonchev–Trinajstić information content (AvgIpc) is 2.29. The molecule has 1 aromatic rings. The summed E-state index contributed by atoms with van der Waals surface area (Å²) < 4.78 is 11.2. The number of benzene rings is 1. The number of rotatable bonds is 1. The Morgan fingerprint density at radius 2 is 2.00 bits per heavy atom. The Bertz CT molecular complexity index is 464. The predicted molar refractivity (Wildman–Crippen MR) is 69.4 cm³/mol. The summed E-state index contributed by atoms with van der Waals surface area (Å²) in [6.45, 7) is 3.05. The van der Waals surface area contributed by atoms with Crippen LogP contribution in [-0.2, 0) is 10.8 Å². The molecule has 0 spiro atoms. The van der Waals surface area contributed by atoms with E-state index in [0.717, 1.165) is 5.56 Å². The van der Waals surface area contributed by atoms with Crippen LogP contribution in [0.1, 0.15) is 15.9 Å². The van der Waals surface area contributed by atoms with Gasteiger partial charge in [-0.2, -0.15) is 0 Å². The molecule has 92 valence electrons. The van der Waals surface area contributed by atoms with Gasteiger partial charge < -0.3 is 10.6 Å². The maximum absolute atomic E-state index is 12.2. The summed E-state index contributed by atoms with van der Waals surface area (Å²) in [5.41, 5.74) is 7.95. The Labute approximate surface area is 103 Å². The van der Waals surface area contributed by atoms with E-state index in [1.54, 1.807) is 17.0 Å². The number of carbonyl (C=O) groups excluding carboxylic acids is 1. The standard InChI is InChI=1S/C12H16N2O2S/c1-9-2-3-10(11(13)8-9)12(15)14-4-6-17(16)7-5-14/h2-3,8H,4-7,13H2,1H3. The normalized spacial score (nSPS) is 17.1. The molecule has 2 N–H and O–H groups in total. The van der Waals surface area contributed by atoms with Crippen LogP contribution >= 0.6 is 0 Å². The highest BCUT2D eigenvalue weighted by molar-refractivity contribution is 7.85. The summed E-state index contributed by atoms with van der Waals surface area (Å²) in [4.78, 5) is 13.9. The smallest absolute Gasteiger partial charge is 0.256 e. The fraction of sp³-hybridized carbons (Fsp3) is 0.417. The molecule has 1 heterocycles. The van der Waals surface area contributed by atoms with Gasteiger partial charge in [0.2, 0.25) is 0 Å². The third-order valence-corrected chi connectivity index (χ3v) is 4.18. The van der Waals surface area contributed by atoms with Gasteiger partial charge in [-0.3, -0.25) is 9.00 Å². The first kappa shape index (κ1) is 12.1. The van der Waals surface area contributed by atoms with Crippen molar-refractivity contribution >= 4 is 22.4 Å². The number of anilines is 1. The van der Waals surface area contributed by atoms with Crippen LogP contribution in [0.2, 0.25) is 0 Å². The lowest BCUT2D eigenvalue weighted by molar-refractivity contribution is 0.0772. The lowest BCUT2D eigenvalue weighted by Crippen LogP contribution is -2.42.